The summed E-state index contributed by atoms with van der Waals surface area (Å²) in [6.07, 6.45) is 3.40. The number of benzene rings is 1. The summed E-state index contributed by atoms with van der Waals surface area (Å²) in [5.74, 6) is -0.321. The quantitative estimate of drug-likeness (QED) is 0.725. The molecule has 4 nitrogen and oxygen atoms in total. The Bertz CT molecular complexity index is 518. The lowest BCUT2D eigenvalue weighted by Crippen LogP contribution is -2.26. The van der Waals surface area contributed by atoms with Crippen molar-refractivity contribution in [1.29, 1.82) is 0 Å². The van der Waals surface area contributed by atoms with Crippen LogP contribution in [0.25, 0.3) is 0 Å². The Hall–Kier alpha value is -1.55. The minimum absolute atomic E-state index is 0.0579. The number of halogens is 1. The van der Waals surface area contributed by atoms with Crippen LogP contribution in [-0.2, 0) is 9.59 Å². The minimum atomic E-state index is -0.763. The van der Waals surface area contributed by atoms with Crippen LogP contribution in [0.3, 0.4) is 0 Å². The number of carbonyl (C=O) groups is 2. The smallest absolute Gasteiger partial charge is 0.303 e. The van der Waals surface area contributed by atoms with E-state index in [4.69, 9.17) is 16.7 Å². The van der Waals surface area contributed by atoms with Crippen molar-refractivity contribution in [1.82, 2.24) is 5.32 Å². The fraction of sp³-hybridized carbons (Fsp3) is 0.500. The largest absolute Gasteiger partial charge is 0.481 e. The Morgan fingerprint density at radius 2 is 2.10 bits per heavy atom. The summed E-state index contributed by atoms with van der Waals surface area (Å²) in [6.45, 7) is 0.622. The summed E-state index contributed by atoms with van der Waals surface area (Å²) in [5, 5.41) is 12.2. The van der Waals surface area contributed by atoms with E-state index in [1.807, 2.05) is 24.3 Å². The zero-order valence-electron chi connectivity index (χ0n) is 11.8. The van der Waals surface area contributed by atoms with Crippen molar-refractivity contribution in [3.05, 3.63) is 34.9 Å². The molecule has 5 heteroatoms. The molecule has 0 aliphatic heterocycles. The van der Waals surface area contributed by atoms with Gasteiger partial charge in [0.1, 0.15) is 0 Å². The van der Waals surface area contributed by atoms with Crippen LogP contribution in [0.4, 0.5) is 0 Å². The van der Waals surface area contributed by atoms with E-state index in [1.54, 1.807) is 0 Å². The van der Waals surface area contributed by atoms with Gasteiger partial charge < -0.3 is 10.4 Å². The molecule has 2 atom stereocenters. The summed E-state index contributed by atoms with van der Waals surface area (Å²) in [5.41, 5.74) is 1.13. The van der Waals surface area contributed by atoms with Gasteiger partial charge in [0.25, 0.3) is 0 Å². The van der Waals surface area contributed by atoms with Gasteiger partial charge >= 0.3 is 5.97 Å². The van der Waals surface area contributed by atoms with E-state index >= 15 is 0 Å². The number of hydrogen-bond acceptors (Lipinski definition) is 2. The van der Waals surface area contributed by atoms with E-state index < -0.39 is 5.97 Å². The van der Waals surface area contributed by atoms with Gasteiger partial charge in [-0.1, -0.05) is 30.2 Å². The second kappa shape index (κ2) is 7.46. The molecular formula is C16H20ClNO3. The third-order valence-corrected chi connectivity index (χ3v) is 4.01. The predicted molar refractivity (Wildman–Crippen MR) is 81.4 cm³/mol. The van der Waals surface area contributed by atoms with Gasteiger partial charge in [-0.15, -0.1) is 0 Å². The van der Waals surface area contributed by atoms with Gasteiger partial charge in [-0.05, 0) is 42.9 Å². The van der Waals surface area contributed by atoms with Gasteiger partial charge in [-0.2, -0.15) is 0 Å². The van der Waals surface area contributed by atoms with E-state index in [0.29, 0.717) is 18.0 Å². The van der Waals surface area contributed by atoms with E-state index in [0.717, 1.165) is 24.8 Å². The average Bonchev–Trinajstić information content (AvgIpc) is 3.22. The third-order valence-electron chi connectivity index (χ3n) is 3.77. The van der Waals surface area contributed by atoms with Gasteiger partial charge in [0.15, 0.2) is 0 Å². The Kier molecular flexibility index (Phi) is 5.62. The van der Waals surface area contributed by atoms with Crippen LogP contribution in [0, 0.1) is 5.92 Å². The van der Waals surface area contributed by atoms with Crippen LogP contribution in [0.2, 0.25) is 5.02 Å². The zero-order valence-corrected chi connectivity index (χ0v) is 12.6. The minimum Gasteiger partial charge on any atom is -0.481 e. The van der Waals surface area contributed by atoms with Crippen molar-refractivity contribution in [3.8, 4) is 0 Å². The molecule has 2 unspecified atom stereocenters. The number of rotatable bonds is 8. The molecule has 1 aromatic carbocycles. The number of carboxylic acid groups (broad SMARTS) is 1. The van der Waals surface area contributed by atoms with Crippen molar-refractivity contribution in [2.75, 3.05) is 6.54 Å². The fourth-order valence-corrected chi connectivity index (χ4v) is 2.71. The second-order valence-electron chi connectivity index (χ2n) is 5.50. The maximum atomic E-state index is 12.0. The van der Waals surface area contributed by atoms with Crippen molar-refractivity contribution in [2.24, 2.45) is 5.92 Å². The lowest BCUT2D eigenvalue weighted by Gasteiger charge is -2.05. The highest BCUT2D eigenvalue weighted by Gasteiger charge is 2.43. The fourth-order valence-electron chi connectivity index (χ4n) is 2.51. The van der Waals surface area contributed by atoms with Gasteiger partial charge in [0, 0.05) is 23.9 Å². The molecule has 1 fully saturated rings. The molecule has 1 amide bonds. The first-order valence-electron chi connectivity index (χ1n) is 7.33. The van der Waals surface area contributed by atoms with E-state index in [9.17, 15) is 9.59 Å². The van der Waals surface area contributed by atoms with Crippen LogP contribution < -0.4 is 5.32 Å². The SMILES string of the molecule is O=C(O)CCCCCNC(=O)C1CC1c1cccc(Cl)c1. The summed E-state index contributed by atoms with van der Waals surface area (Å²) in [6, 6.07) is 7.67. The van der Waals surface area contributed by atoms with E-state index in [-0.39, 0.29) is 24.2 Å². The molecule has 1 aliphatic carbocycles. The molecule has 1 aromatic rings. The van der Waals surface area contributed by atoms with Crippen LogP contribution in [0.15, 0.2) is 24.3 Å². The number of unbranched alkanes of at least 4 members (excludes halogenated alkanes) is 2. The maximum absolute atomic E-state index is 12.0. The molecule has 2 rings (SSSR count). The summed E-state index contributed by atoms with van der Waals surface area (Å²) >= 11 is 5.96. The first kappa shape index (κ1) is 15.8. The zero-order chi connectivity index (χ0) is 15.2. The normalized spacial score (nSPS) is 20.0. The Balaban J connectivity index is 1.64. The maximum Gasteiger partial charge on any atom is 0.303 e. The third kappa shape index (κ3) is 5.05. The van der Waals surface area contributed by atoms with Crippen molar-refractivity contribution < 1.29 is 14.7 Å². The number of carbonyl (C=O) groups excluding carboxylic acids is 1. The molecular weight excluding hydrogens is 290 g/mol. The van der Waals surface area contributed by atoms with E-state index in [2.05, 4.69) is 5.32 Å². The number of amides is 1. The molecule has 21 heavy (non-hydrogen) atoms. The van der Waals surface area contributed by atoms with Gasteiger partial charge in [0.2, 0.25) is 5.91 Å². The molecule has 114 valence electrons. The molecule has 0 aromatic heterocycles. The lowest BCUT2D eigenvalue weighted by molar-refractivity contribution is -0.137. The Morgan fingerprint density at radius 3 is 2.81 bits per heavy atom. The number of nitrogens with one attached hydrogen (secondary N) is 1. The highest BCUT2D eigenvalue weighted by molar-refractivity contribution is 6.30. The predicted octanol–water partition coefficient (Wildman–Crippen LogP) is 3.20. The molecule has 0 spiro atoms. The number of aliphatic carboxylic acids is 1. The first-order chi connectivity index (χ1) is 10.1. The molecule has 2 N–H and O–H groups in total. The standard InChI is InChI=1S/C16H20ClNO3/c17-12-6-4-5-11(9-12)13-10-14(13)16(21)18-8-3-1-2-7-15(19)20/h4-6,9,13-14H,1-3,7-8,10H2,(H,18,21)(H,19,20). The molecule has 0 saturated heterocycles. The highest BCUT2D eigenvalue weighted by atomic mass is 35.5. The number of hydrogen-bond donors (Lipinski definition) is 2. The molecule has 1 aliphatic rings. The topological polar surface area (TPSA) is 66.4 Å². The van der Waals surface area contributed by atoms with Crippen LogP contribution in [-0.4, -0.2) is 23.5 Å². The monoisotopic (exact) mass is 309 g/mol. The van der Waals surface area contributed by atoms with Gasteiger partial charge in [-0.3, -0.25) is 9.59 Å². The summed E-state index contributed by atoms with van der Waals surface area (Å²) < 4.78 is 0. The van der Waals surface area contributed by atoms with Crippen LogP contribution in [0.5, 0.6) is 0 Å². The van der Waals surface area contributed by atoms with E-state index in [1.165, 1.54) is 0 Å². The van der Waals surface area contributed by atoms with Crippen LogP contribution >= 0.6 is 11.6 Å². The first-order valence-corrected chi connectivity index (χ1v) is 7.70. The number of carboxylic acids is 1. The molecule has 0 bridgehead atoms. The van der Waals surface area contributed by atoms with Crippen molar-refractivity contribution >= 4 is 23.5 Å². The van der Waals surface area contributed by atoms with Crippen molar-refractivity contribution in [2.45, 2.75) is 38.0 Å². The lowest BCUT2D eigenvalue weighted by atomic mass is 10.1. The molecule has 0 heterocycles. The summed E-state index contributed by atoms with van der Waals surface area (Å²) in [4.78, 5) is 22.3. The van der Waals surface area contributed by atoms with Crippen molar-refractivity contribution in [3.63, 3.8) is 0 Å². The highest BCUT2D eigenvalue weighted by Crippen LogP contribution is 2.47. The van der Waals surface area contributed by atoms with Gasteiger partial charge in [-0.25, -0.2) is 0 Å². The van der Waals surface area contributed by atoms with Gasteiger partial charge in [0.05, 0.1) is 0 Å². The molecule has 0 radical (unpaired) electrons. The average molecular weight is 310 g/mol. The second-order valence-corrected chi connectivity index (χ2v) is 5.94. The summed E-state index contributed by atoms with van der Waals surface area (Å²) in [7, 11) is 0. The van der Waals surface area contributed by atoms with Crippen LogP contribution in [0.1, 0.15) is 43.6 Å². The molecule has 1 saturated carbocycles. The Labute approximate surface area is 129 Å². The Morgan fingerprint density at radius 1 is 1.29 bits per heavy atom.